The highest BCUT2D eigenvalue weighted by Gasteiger charge is 2.19. The lowest BCUT2D eigenvalue weighted by Crippen LogP contribution is -1.99. The minimum Gasteiger partial charge on any atom is -0.251 e. The molecule has 110 valence electrons. The second-order valence-electron chi connectivity index (χ2n) is 5.66. The zero-order valence-electron chi connectivity index (χ0n) is 12.0. The van der Waals surface area contributed by atoms with E-state index in [0.29, 0.717) is 22.4 Å². The van der Waals surface area contributed by atoms with Gasteiger partial charge in [0.1, 0.15) is 16.4 Å². The molecular formula is C17H15ClN4. The summed E-state index contributed by atoms with van der Waals surface area (Å²) in [5.41, 5.74) is 4.05. The fourth-order valence-electron chi connectivity index (χ4n) is 3.04. The molecule has 0 aromatic carbocycles. The van der Waals surface area contributed by atoms with E-state index in [1.807, 2.05) is 18.2 Å². The average Bonchev–Trinajstić information content (AvgIpc) is 3.08. The first-order valence-electron chi connectivity index (χ1n) is 7.56. The molecule has 0 unspecified atom stereocenters. The van der Waals surface area contributed by atoms with Crippen LogP contribution < -0.4 is 0 Å². The maximum absolute atomic E-state index is 5.95. The number of hydrogen-bond acceptors (Lipinski definition) is 4. The van der Waals surface area contributed by atoms with E-state index in [2.05, 4.69) is 21.0 Å². The van der Waals surface area contributed by atoms with E-state index < -0.39 is 0 Å². The molecule has 22 heavy (non-hydrogen) atoms. The fraction of sp³-hybridized carbons (Fsp3) is 0.294. The molecule has 0 atom stereocenters. The van der Waals surface area contributed by atoms with E-state index in [1.165, 1.54) is 25.7 Å². The van der Waals surface area contributed by atoms with Crippen LogP contribution in [0.2, 0.25) is 5.15 Å². The Balaban J connectivity index is 1.78. The van der Waals surface area contributed by atoms with Crippen molar-refractivity contribution in [2.24, 2.45) is 0 Å². The molecule has 0 N–H and O–H groups in total. The van der Waals surface area contributed by atoms with Crippen LogP contribution in [0.1, 0.15) is 37.3 Å². The summed E-state index contributed by atoms with van der Waals surface area (Å²) in [7, 11) is 0. The first-order chi connectivity index (χ1) is 10.8. The van der Waals surface area contributed by atoms with Crippen LogP contribution >= 0.6 is 11.6 Å². The van der Waals surface area contributed by atoms with E-state index in [1.54, 1.807) is 12.3 Å². The van der Waals surface area contributed by atoms with Crippen molar-refractivity contribution in [3.63, 3.8) is 0 Å². The maximum atomic E-state index is 5.95. The van der Waals surface area contributed by atoms with Gasteiger partial charge in [0.15, 0.2) is 5.65 Å². The van der Waals surface area contributed by atoms with Gasteiger partial charge in [0.05, 0.1) is 11.9 Å². The van der Waals surface area contributed by atoms with Gasteiger partial charge in [-0.2, -0.15) is 0 Å². The third-order valence-corrected chi connectivity index (χ3v) is 4.39. The Kier molecular flexibility index (Phi) is 3.47. The van der Waals surface area contributed by atoms with E-state index in [-0.39, 0.29) is 0 Å². The fourth-order valence-corrected chi connectivity index (χ4v) is 3.20. The number of hydrogen-bond donors (Lipinski definition) is 0. The highest BCUT2D eigenvalue weighted by Crippen LogP contribution is 2.33. The summed E-state index contributed by atoms with van der Waals surface area (Å²) in [4.78, 5) is 18.1. The highest BCUT2D eigenvalue weighted by molar-refractivity contribution is 6.29. The predicted octanol–water partition coefficient (Wildman–Crippen LogP) is 4.40. The summed E-state index contributed by atoms with van der Waals surface area (Å²) in [6.45, 7) is 0. The lowest BCUT2D eigenvalue weighted by molar-refractivity contribution is 0.700. The van der Waals surface area contributed by atoms with E-state index in [4.69, 9.17) is 16.6 Å². The van der Waals surface area contributed by atoms with Crippen molar-refractivity contribution < 1.29 is 0 Å². The normalized spacial score (nSPS) is 15.5. The van der Waals surface area contributed by atoms with Crippen molar-refractivity contribution in [1.29, 1.82) is 0 Å². The number of pyridine rings is 2. The van der Waals surface area contributed by atoms with E-state index in [0.717, 1.165) is 16.9 Å². The van der Waals surface area contributed by atoms with Crippen LogP contribution in [-0.4, -0.2) is 19.9 Å². The van der Waals surface area contributed by atoms with Gasteiger partial charge in [-0.3, -0.25) is 4.98 Å². The Morgan fingerprint density at radius 2 is 1.77 bits per heavy atom. The molecule has 0 amide bonds. The van der Waals surface area contributed by atoms with Gasteiger partial charge < -0.3 is 0 Å². The van der Waals surface area contributed by atoms with E-state index in [9.17, 15) is 0 Å². The zero-order chi connectivity index (χ0) is 14.9. The highest BCUT2D eigenvalue weighted by atomic mass is 35.5. The lowest BCUT2D eigenvalue weighted by Gasteiger charge is -2.09. The second kappa shape index (κ2) is 5.61. The van der Waals surface area contributed by atoms with Crippen LogP contribution in [0.3, 0.4) is 0 Å². The second-order valence-corrected chi connectivity index (χ2v) is 6.05. The van der Waals surface area contributed by atoms with Crippen LogP contribution in [0, 0.1) is 0 Å². The van der Waals surface area contributed by atoms with Crippen LogP contribution in [0.4, 0.5) is 0 Å². The molecule has 5 heteroatoms. The van der Waals surface area contributed by atoms with Crippen molar-refractivity contribution in [1.82, 2.24) is 19.9 Å². The Morgan fingerprint density at radius 3 is 2.59 bits per heavy atom. The van der Waals surface area contributed by atoms with E-state index >= 15 is 0 Å². The molecule has 1 saturated carbocycles. The largest absolute Gasteiger partial charge is 0.251 e. The van der Waals surface area contributed by atoms with Crippen molar-refractivity contribution in [2.75, 3.05) is 0 Å². The molecule has 1 aliphatic carbocycles. The molecule has 0 aliphatic heterocycles. The third kappa shape index (κ3) is 2.55. The lowest BCUT2D eigenvalue weighted by atomic mass is 10.0. The van der Waals surface area contributed by atoms with Crippen LogP contribution in [0.5, 0.6) is 0 Å². The van der Waals surface area contributed by atoms with Crippen molar-refractivity contribution in [2.45, 2.75) is 31.6 Å². The molecule has 0 saturated heterocycles. The van der Waals surface area contributed by atoms with Crippen LogP contribution in [-0.2, 0) is 0 Å². The molecule has 4 nitrogen and oxygen atoms in total. The van der Waals surface area contributed by atoms with Crippen molar-refractivity contribution in [3.05, 3.63) is 47.4 Å². The standard InChI is InChI=1S/C17H15ClN4/c18-16-7-3-6-13(20-16)15-10-19-14-9-8-12(21-17(14)22-15)11-4-1-2-5-11/h3,6-11H,1-2,4-5H2. The molecule has 3 aromatic rings. The first kappa shape index (κ1) is 13.6. The quantitative estimate of drug-likeness (QED) is 0.658. The number of fused-ring (bicyclic) bond motifs is 1. The number of nitrogens with zero attached hydrogens (tertiary/aromatic N) is 4. The molecule has 3 aromatic heterocycles. The summed E-state index contributed by atoms with van der Waals surface area (Å²) >= 11 is 5.95. The van der Waals surface area contributed by atoms with Gasteiger partial charge in [0, 0.05) is 11.6 Å². The molecule has 0 spiro atoms. The first-order valence-corrected chi connectivity index (χ1v) is 7.94. The summed E-state index contributed by atoms with van der Waals surface area (Å²) in [6.07, 6.45) is 6.76. The summed E-state index contributed by atoms with van der Waals surface area (Å²) in [5, 5.41) is 0.451. The molecular weight excluding hydrogens is 296 g/mol. The molecule has 0 bridgehead atoms. The summed E-state index contributed by atoms with van der Waals surface area (Å²) in [6, 6.07) is 9.58. The van der Waals surface area contributed by atoms with Crippen molar-refractivity contribution in [3.8, 4) is 11.4 Å². The smallest absolute Gasteiger partial charge is 0.179 e. The van der Waals surface area contributed by atoms with Gasteiger partial charge in [-0.25, -0.2) is 15.0 Å². The predicted molar refractivity (Wildman–Crippen MR) is 86.8 cm³/mol. The molecule has 4 rings (SSSR count). The topological polar surface area (TPSA) is 51.6 Å². The average molecular weight is 311 g/mol. The Labute approximate surface area is 133 Å². The van der Waals surface area contributed by atoms with Crippen LogP contribution in [0.25, 0.3) is 22.6 Å². The molecule has 1 fully saturated rings. The van der Waals surface area contributed by atoms with Gasteiger partial charge in [-0.05, 0) is 37.1 Å². The van der Waals surface area contributed by atoms with Gasteiger partial charge in [0.2, 0.25) is 0 Å². The third-order valence-electron chi connectivity index (χ3n) is 4.18. The minimum atomic E-state index is 0.451. The van der Waals surface area contributed by atoms with Gasteiger partial charge >= 0.3 is 0 Å². The monoisotopic (exact) mass is 310 g/mol. The number of rotatable bonds is 2. The van der Waals surface area contributed by atoms with Gasteiger partial charge in [-0.15, -0.1) is 0 Å². The van der Waals surface area contributed by atoms with Gasteiger partial charge in [-0.1, -0.05) is 30.5 Å². The maximum Gasteiger partial charge on any atom is 0.179 e. The number of aromatic nitrogens is 4. The van der Waals surface area contributed by atoms with Crippen molar-refractivity contribution >= 4 is 22.8 Å². The SMILES string of the molecule is Clc1cccc(-c2cnc3ccc(C4CCCC4)nc3n2)n1. The minimum absolute atomic E-state index is 0.451. The Morgan fingerprint density at radius 1 is 0.909 bits per heavy atom. The van der Waals surface area contributed by atoms with Crippen LogP contribution in [0.15, 0.2) is 36.5 Å². The summed E-state index contributed by atoms with van der Waals surface area (Å²) in [5.74, 6) is 0.569. The zero-order valence-corrected chi connectivity index (χ0v) is 12.8. The molecule has 0 radical (unpaired) electrons. The Bertz CT molecular complexity index is 828. The summed E-state index contributed by atoms with van der Waals surface area (Å²) < 4.78 is 0. The molecule has 1 aliphatic rings. The van der Waals surface area contributed by atoms with Gasteiger partial charge in [0.25, 0.3) is 0 Å². The molecule has 3 heterocycles. The number of halogens is 1. The Hall–Kier alpha value is -2.07.